The Hall–Kier alpha value is -1.95. The minimum absolute atomic E-state index is 0.000827. The first kappa shape index (κ1) is 11.1. The van der Waals surface area contributed by atoms with Gasteiger partial charge in [-0.05, 0) is 12.5 Å². The van der Waals surface area contributed by atoms with Gasteiger partial charge in [0.1, 0.15) is 0 Å². The number of carbonyl (C=O) groups excluding carboxylic acids is 1. The zero-order chi connectivity index (χ0) is 11.4. The van der Waals surface area contributed by atoms with Gasteiger partial charge in [-0.25, -0.2) is 5.84 Å². The summed E-state index contributed by atoms with van der Waals surface area (Å²) >= 11 is 0. The molecule has 0 aliphatic heterocycles. The number of non-ortho nitro benzene ring substituents is 1. The van der Waals surface area contributed by atoms with Gasteiger partial charge < -0.3 is 0 Å². The Morgan fingerprint density at radius 2 is 2.00 bits per heavy atom. The van der Waals surface area contributed by atoms with Crippen LogP contribution in [-0.4, -0.2) is 10.8 Å². The zero-order valence-electron chi connectivity index (χ0n) is 8.14. The Kier molecular flexibility index (Phi) is 3.35. The number of nitro benzene ring substituents is 1. The second kappa shape index (κ2) is 4.52. The molecule has 15 heavy (non-hydrogen) atoms. The zero-order valence-corrected chi connectivity index (χ0v) is 8.14. The highest BCUT2D eigenvalue weighted by Gasteiger charge is 2.14. The fourth-order valence-corrected chi connectivity index (χ4v) is 1.16. The molecule has 0 radical (unpaired) electrons. The number of hydrogen-bond acceptors (Lipinski definition) is 4. The van der Waals surface area contributed by atoms with E-state index in [-0.39, 0.29) is 11.6 Å². The molecule has 0 aliphatic carbocycles. The lowest BCUT2D eigenvalue weighted by Crippen LogP contribution is -2.33. The molecule has 6 nitrogen and oxygen atoms in total. The van der Waals surface area contributed by atoms with E-state index in [1.54, 1.807) is 6.92 Å². The molecule has 0 saturated carbocycles. The normalized spacial score (nSPS) is 11.9. The number of nitrogens with one attached hydrogen (secondary N) is 1. The van der Waals surface area contributed by atoms with E-state index in [2.05, 4.69) is 0 Å². The highest BCUT2D eigenvalue weighted by atomic mass is 16.6. The molecular formula is C9H11N3O3. The molecule has 1 atom stereocenters. The molecule has 80 valence electrons. The number of nitrogens with two attached hydrogens (primary N) is 1. The molecule has 0 heterocycles. The number of benzene rings is 1. The maximum Gasteiger partial charge on any atom is 0.269 e. The number of rotatable bonds is 3. The lowest BCUT2D eigenvalue weighted by molar-refractivity contribution is -0.384. The first-order chi connectivity index (χ1) is 7.06. The van der Waals surface area contributed by atoms with Crippen molar-refractivity contribution in [2.24, 2.45) is 5.84 Å². The van der Waals surface area contributed by atoms with Crippen molar-refractivity contribution in [3.8, 4) is 0 Å². The van der Waals surface area contributed by atoms with Crippen LogP contribution < -0.4 is 11.3 Å². The Morgan fingerprint density at radius 1 is 1.47 bits per heavy atom. The van der Waals surface area contributed by atoms with Crippen LogP contribution in [-0.2, 0) is 4.79 Å². The minimum atomic E-state index is -0.489. The summed E-state index contributed by atoms with van der Waals surface area (Å²) in [5, 5.41) is 10.4. The third-order valence-corrected chi connectivity index (χ3v) is 2.14. The van der Waals surface area contributed by atoms with E-state index in [0.717, 1.165) is 0 Å². The summed E-state index contributed by atoms with van der Waals surface area (Å²) < 4.78 is 0. The van der Waals surface area contributed by atoms with Crippen molar-refractivity contribution in [2.45, 2.75) is 12.8 Å². The van der Waals surface area contributed by atoms with Crippen LogP contribution in [0.15, 0.2) is 24.3 Å². The van der Waals surface area contributed by atoms with Gasteiger partial charge in [0.2, 0.25) is 5.91 Å². The van der Waals surface area contributed by atoms with Crippen LogP contribution in [0.5, 0.6) is 0 Å². The van der Waals surface area contributed by atoms with Crippen molar-refractivity contribution in [1.29, 1.82) is 0 Å². The molecule has 1 aromatic rings. The first-order valence-electron chi connectivity index (χ1n) is 4.31. The molecule has 1 amide bonds. The molecular weight excluding hydrogens is 198 g/mol. The Labute approximate surface area is 86.2 Å². The van der Waals surface area contributed by atoms with Crippen molar-refractivity contribution in [2.75, 3.05) is 0 Å². The summed E-state index contributed by atoms with van der Waals surface area (Å²) in [5.41, 5.74) is 2.71. The largest absolute Gasteiger partial charge is 0.294 e. The van der Waals surface area contributed by atoms with Crippen LogP contribution in [0.3, 0.4) is 0 Å². The topological polar surface area (TPSA) is 98.3 Å². The number of hydrazine groups is 1. The van der Waals surface area contributed by atoms with E-state index in [9.17, 15) is 14.9 Å². The average molecular weight is 209 g/mol. The van der Waals surface area contributed by atoms with Gasteiger partial charge in [0, 0.05) is 12.1 Å². The molecule has 0 bridgehead atoms. The third kappa shape index (κ3) is 2.50. The van der Waals surface area contributed by atoms with Gasteiger partial charge in [-0.3, -0.25) is 20.3 Å². The fraction of sp³-hybridized carbons (Fsp3) is 0.222. The Bertz CT molecular complexity index is 375. The molecule has 0 unspecified atom stereocenters. The average Bonchev–Trinajstić information content (AvgIpc) is 2.27. The quantitative estimate of drug-likeness (QED) is 0.331. The van der Waals surface area contributed by atoms with Gasteiger partial charge in [0.25, 0.3) is 5.69 Å². The van der Waals surface area contributed by atoms with Crippen molar-refractivity contribution in [3.63, 3.8) is 0 Å². The molecule has 1 rings (SSSR count). The van der Waals surface area contributed by atoms with Gasteiger partial charge in [0.05, 0.1) is 10.8 Å². The van der Waals surface area contributed by atoms with Crippen molar-refractivity contribution in [1.82, 2.24) is 5.43 Å². The van der Waals surface area contributed by atoms with Crippen molar-refractivity contribution >= 4 is 11.6 Å². The summed E-state index contributed by atoms with van der Waals surface area (Å²) in [6.07, 6.45) is 0. The van der Waals surface area contributed by atoms with Gasteiger partial charge in [-0.2, -0.15) is 0 Å². The number of amides is 1. The summed E-state index contributed by atoms with van der Waals surface area (Å²) in [7, 11) is 0. The van der Waals surface area contributed by atoms with E-state index >= 15 is 0 Å². The molecule has 0 fully saturated rings. The van der Waals surface area contributed by atoms with Crippen LogP contribution in [0, 0.1) is 10.1 Å². The van der Waals surface area contributed by atoms with E-state index in [4.69, 9.17) is 5.84 Å². The van der Waals surface area contributed by atoms with Crippen LogP contribution >= 0.6 is 0 Å². The summed E-state index contributed by atoms with van der Waals surface area (Å²) in [4.78, 5) is 21.1. The molecule has 0 aliphatic rings. The first-order valence-corrected chi connectivity index (χ1v) is 4.31. The predicted molar refractivity (Wildman–Crippen MR) is 53.8 cm³/mol. The Balaban J connectivity index is 2.89. The van der Waals surface area contributed by atoms with Crippen LogP contribution in [0.1, 0.15) is 18.4 Å². The molecule has 0 spiro atoms. The number of carbonyl (C=O) groups is 1. The standard InChI is InChI=1S/C9H11N3O3/c1-6(9(13)11-10)7-2-4-8(5-3-7)12(14)15/h2-6H,10H2,1H3,(H,11,13)/t6-/m0/s1. The smallest absolute Gasteiger partial charge is 0.269 e. The minimum Gasteiger partial charge on any atom is -0.294 e. The van der Waals surface area contributed by atoms with E-state index in [0.29, 0.717) is 5.56 Å². The van der Waals surface area contributed by atoms with E-state index in [1.807, 2.05) is 5.43 Å². The maximum absolute atomic E-state index is 11.2. The van der Waals surface area contributed by atoms with E-state index < -0.39 is 10.8 Å². The predicted octanol–water partition coefficient (Wildman–Crippen LogP) is 0.688. The lowest BCUT2D eigenvalue weighted by atomic mass is 10.0. The van der Waals surface area contributed by atoms with Crippen LogP contribution in [0.4, 0.5) is 5.69 Å². The van der Waals surface area contributed by atoms with Gasteiger partial charge >= 0.3 is 0 Å². The van der Waals surface area contributed by atoms with Gasteiger partial charge in [-0.1, -0.05) is 12.1 Å². The summed E-state index contributed by atoms with van der Waals surface area (Å²) in [6, 6.07) is 5.79. The monoisotopic (exact) mass is 209 g/mol. The molecule has 3 N–H and O–H groups in total. The van der Waals surface area contributed by atoms with Crippen LogP contribution in [0.2, 0.25) is 0 Å². The second-order valence-corrected chi connectivity index (χ2v) is 3.08. The molecule has 1 aromatic carbocycles. The Morgan fingerprint density at radius 3 is 2.40 bits per heavy atom. The van der Waals surface area contributed by atoms with Crippen LogP contribution in [0.25, 0.3) is 0 Å². The lowest BCUT2D eigenvalue weighted by Gasteiger charge is -2.08. The summed E-state index contributed by atoms with van der Waals surface area (Å²) in [5.74, 6) is 4.23. The SMILES string of the molecule is C[C@H](C(=O)NN)c1ccc([N+](=O)[O-])cc1. The van der Waals surface area contributed by atoms with Gasteiger partial charge in [0.15, 0.2) is 0 Å². The fourth-order valence-electron chi connectivity index (χ4n) is 1.16. The second-order valence-electron chi connectivity index (χ2n) is 3.08. The maximum atomic E-state index is 11.2. The number of nitrogens with zero attached hydrogens (tertiary/aromatic N) is 1. The highest BCUT2D eigenvalue weighted by Crippen LogP contribution is 2.18. The van der Waals surface area contributed by atoms with Gasteiger partial charge in [-0.15, -0.1) is 0 Å². The third-order valence-electron chi connectivity index (χ3n) is 2.14. The molecule has 0 aromatic heterocycles. The van der Waals surface area contributed by atoms with E-state index in [1.165, 1.54) is 24.3 Å². The van der Waals surface area contributed by atoms with Crippen molar-refractivity contribution < 1.29 is 9.72 Å². The molecule has 0 saturated heterocycles. The summed E-state index contributed by atoms with van der Waals surface area (Å²) in [6.45, 7) is 1.67. The van der Waals surface area contributed by atoms with Crippen molar-refractivity contribution in [3.05, 3.63) is 39.9 Å². The highest BCUT2D eigenvalue weighted by molar-refractivity contribution is 5.82. The number of nitro groups is 1. The number of hydrogen-bond donors (Lipinski definition) is 2. The molecule has 6 heteroatoms.